The van der Waals surface area contributed by atoms with Gasteiger partial charge in [-0.3, -0.25) is 0 Å². The van der Waals surface area contributed by atoms with Crippen LogP contribution in [0.25, 0.3) is 5.57 Å². The minimum absolute atomic E-state index is 0.110. The number of fused-ring (bicyclic) bond motifs is 2. The molecule has 2 aliphatic rings. The Morgan fingerprint density at radius 3 is 2.24 bits per heavy atom. The molecule has 0 aliphatic heterocycles. The number of rotatable bonds is 1. The van der Waals surface area contributed by atoms with E-state index in [0.717, 1.165) is 6.42 Å². The standard InChI is InChI=1S/C16H20O/c1-15(2)13-9-12(11-7-5-4-6-8-11)16(15,3)10-14(13)17/h4-9,13-14,17H,10H2,1-3H3/t13-,14-,16-/m0/s1. The Bertz CT molecular complexity index is 472. The molecule has 3 atom stereocenters. The van der Waals surface area contributed by atoms with Crippen LogP contribution in [0, 0.1) is 16.7 Å². The van der Waals surface area contributed by atoms with Crippen LogP contribution in [0.3, 0.4) is 0 Å². The average Bonchev–Trinajstić information content (AvgIpc) is 2.58. The van der Waals surface area contributed by atoms with Crippen molar-refractivity contribution in [2.45, 2.75) is 33.3 Å². The largest absolute Gasteiger partial charge is 0.392 e. The number of allylic oxidation sites excluding steroid dienone is 1. The van der Waals surface area contributed by atoms with Crippen molar-refractivity contribution in [1.82, 2.24) is 0 Å². The van der Waals surface area contributed by atoms with Gasteiger partial charge in [-0.15, -0.1) is 0 Å². The van der Waals surface area contributed by atoms with Crippen molar-refractivity contribution in [1.29, 1.82) is 0 Å². The highest BCUT2D eigenvalue weighted by atomic mass is 16.3. The van der Waals surface area contributed by atoms with E-state index in [1.165, 1.54) is 11.1 Å². The number of hydrogen-bond acceptors (Lipinski definition) is 1. The van der Waals surface area contributed by atoms with Crippen LogP contribution in [-0.4, -0.2) is 11.2 Å². The van der Waals surface area contributed by atoms with E-state index in [2.05, 4.69) is 57.2 Å². The van der Waals surface area contributed by atoms with Crippen LogP contribution >= 0.6 is 0 Å². The third-order valence-electron chi connectivity index (χ3n) is 5.31. The molecule has 2 bridgehead atoms. The van der Waals surface area contributed by atoms with E-state index in [0.29, 0.717) is 5.92 Å². The second kappa shape index (κ2) is 3.23. The predicted molar refractivity (Wildman–Crippen MR) is 70.4 cm³/mol. The molecule has 17 heavy (non-hydrogen) atoms. The van der Waals surface area contributed by atoms with Gasteiger partial charge in [0.15, 0.2) is 0 Å². The number of aliphatic hydroxyl groups is 1. The van der Waals surface area contributed by atoms with Gasteiger partial charge in [0, 0.05) is 11.3 Å². The smallest absolute Gasteiger partial charge is 0.0617 e. The molecule has 0 aromatic heterocycles. The quantitative estimate of drug-likeness (QED) is 0.780. The van der Waals surface area contributed by atoms with Gasteiger partial charge in [-0.05, 0) is 23.0 Å². The lowest BCUT2D eigenvalue weighted by Gasteiger charge is -2.37. The number of hydrogen-bond donors (Lipinski definition) is 1. The van der Waals surface area contributed by atoms with Gasteiger partial charge in [0.25, 0.3) is 0 Å². The maximum absolute atomic E-state index is 10.1. The first kappa shape index (κ1) is 11.0. The Kier molecular flexibility index (Phi) is 2.10. The highest BCUT2D eigenvalue weighted by Gasteiger charge is 2.61. The topological polar surface area (TPSA) is 20.2 Å². The molecule has 0 spiro atoms. The molecular formula is C16H20O. The Morgan fingerprint density at radius 2 is 1.76 bits per heavy atom. The van der Waals surface area contributed by atoms with Gasteiger partial charge in [0.05, 0.1) is 6.10 Å². The highest BCUT2D eigenvalue weighted by Crippen LogP contribution is 2.67. The fraction of sp³-hybridized carbons (Fsp3) is 0.500. The summed E-state index contributed by atoms with van der Waals surface area (Å²) in [7, 11) is 0. The molecule has 0 saturated heterocycles. The summed E-state index contributed by atoms with van der Waals surface area (Å²) in [5, 5.41) is 10.1. The Labute approximate surface area is 103 Å². The van der Waals surface area contributed by atoms with Gasteiger partial charge in [0.2, 0.25) is 0 Å². The minimum Gasteiger partial charge on any atom is -0.392 e. The molecule has 1 fully saturated rings. The van der Waals surface area contributed by atoms with E-state index < -0.39 is 0 Å². The monoisotopic (exact) mass is 228 g/mol. The lowest BCUT2D eigenvalue weighted by atomic mass is 9.66. The summed E-state index contributed by atoms with van der Waals surface area (Å²) in [5.41, 5.74) is 3.02. The lowest BCUT2D eigenvalue weighted by Crippen LogP contribution is -2.29. The molecular weight excluding hydrogens is 208 g/mol. The van der Waals surface area contributed by atoms with Gasteiger partial charge in [-0.25, -0.2) is 0 Å². The maximum atomic E-state index is 10.1. The molecule has 3 rings (SSSR count). The average molecular weight is 228 g/mol. The van der Waals surface area contributed by atoms with Crippen LogP contribution in [0.4, 0.5) is 0 Å². The van der Waals surface area contributed by atoms with Crippen molar-refractivity contribution < 1.29 is 5.11 Å². The van der Waals surface area contributed by atoms with E-state index in [1.807, 2.05) is 0 Å². The van der Waals surface area contributed by atoms with Gasteiger partial charge < -0.3 is 5.11 Å². The predicted octanol–water partition coefficient (Wildman–Crippen LogP) is 3.50. The third kappa shape index (κ3) is 1.23. The van der Waals surface area contributed by atoms with E-state index >= 15 is 0 Å². The van der Waals surface area contributed by atoms with E-state index in [4.69, 9.17) is 0 Å². The second-order valence-corrected chi connectivity index (χ2v) is 6.30. The van der Waals surface area contributed by atoms with Crippen molar-refractivity contribution in [3.05, 3.63) is 42.0 Å². The van der Waals surface area contributed by atoms with Gasteiger partial charge >= 0.3 is 0 Å². The summed E-state index contributed by atoms with van der Waals surface area (Å²) in [4.78, 5) is 0. The van der Waals surface area contributed by atoms with E-state index in [1.54, 1.807) is 0 Å². The molecule has 1 aromatic carbocycles. The fourth-order valence-electron chi connectivity index (χ4n) is 3.83. The zero-order valence-corrected chi connectivity index (χ0v) is 10.8. The lowest BCUT2D eigenvalue weighted by molar-refractivity contribution is 0.123. The molecule has 0 radical (unpaired) electrons. The third-order valence-corrected chi connectivity index (χ3v) is 5.31. The van der Waals surface area contributed by atoms with Crippen molar-refractivity contribution in [3.8, 4) is 0 Å². The van der Waals surface area contributed by atoms with Crippen LogP contribution in [0.1, 0.15) is 32.8 Å². The summed E-state index contributed by atoms with van der Waals surface area (Å²) in [6.45, 7) is 6.89. The first-order valence-electron chi connectivity index (χ1n) is 6.42. The summed E-state index contributed by atoms with van der Waals surface area (Å²) in [6, 6.07) is 10.6. The van der Waals surface area contributed by atoms with Crippen LogP contribution in [0.15, 0.2) is 36.4 Å². The van der Waals surface area contributed by atoms with Crippen molar-refractivity contribution in [2.75, 3.05) is 0 Å². The molecule has 1 heteroatoms. The van der Waals surface area contributed by atoms with Gasteiger partial charge in [-0.1, -0.05) is 57.2 Å². The molecule has 2 aliphatic carbocycles. The summed E-state index contributed by atoms with van der Waals surface area (Å²) in [5.74, 6) is 0.308. The molecule has 1 saturated carbocycles. The minimum atomic E-state index is -0.164. The van der Waals surface area contributed by atoms with Crippen LogP contribution in [0.5, 0.6) is 0 Å². The zero-order chi connectivity index (χ0) is 12.3. The van der Waals surface area contributed by atoms with Crippen molar-refractivity contribution in [2.24, 2.45) is 16.7 Å². The first-order chi connectivity index (χ1) is 7.97. The summed E-state index contributed by atoms with van der Waals surface area (Å²) >= 11 is 0. The van der Waals surface area contributed by atoms with Crippen LogP contribution in [-0.2, 0) is 0 Å². The fourth-order valence-corrected chi connectivity index (χ4v) is 3.83. The summed E-state index contributed by atoms with van der Waals surface area (Å²) in [6.07, 6.45) is 3.04. The molecule has 0 amide bonds. The van der Waals surface area contributed by atoms with E-state index in [-0.39, 0.29) is 16.9 Å². The van der Waals surface area contributed by atoms with E-state index in [9.17, 15) is 5.11 Å². The molecule has 1 nitrogen and oxygen atoms in total. The molecule has 90 valence electrons. The first-order valence-corrected chi connectivity index (χ1v) is 6.42. The normalized spacial score (nSPS) is 38.2. The second-order valence-electron chi connectivity index (χ2n) is 6.30. The number of benzene rings is 1. The van der Waals surface area contributed by atoms with Crippen molar-refractivity contribution in [3.63, 3.8) is 0 Å². The number of aliphatic hydroxyl groups excluding tert-OH is 1. The summed E-state index contributed by atoms with van der Waals surface area (Å²) < 4.78 is 0. The molecule has 1 aromatic rings. The van der Waals surface area contributed by atoms with Gasteiger partial charge in [-0.2, -0.15) is 0 Å². The maximum Gasteiger partial charge on any atom is 0.0617 e. The Balaban J connectivity index is 2.11. The molecule has 1 N–H and O–H groups in total. The zero-order valence-electron chi connectivity index (χ0n) is 10.8. The molecule has 0 heterocycles. The van der Waals surface area contributed by atoms with Crippen LogP contribution < -0.4 is 0 Å². The van der Waals surface area contributed by atoms with Crippen LogP contribution in [0.2, 0.25) is 0 Å². The molecule has 0 unspecified atom stereocenters. The highest BCUT2D eigenvalue weighted by molar-refractivity contribution is 5.75. The SMILES string of the molecule is CC1(C)[C@H]2C=C(c3ccccc3)[C@]1(C)C[C@@H]2O. The van der Waals surface area contributed by atoms with Gasteiger partial charge in [0.1, 0.15) is 0 Å². The van der Waals surface area contributed by atoms with Crippen molar-refractivity contribution >= 4 is 5.57 Å². The Hall–Kier alpha value is -1.08. The Morgan fingerprint density at radius 1 is 1.12 bits per heavy atom.